The summed E-state index contributed by atoms with van der Waals surface area (Å²) in [5.74, 6) is -1.15. The van der Waals surface area contributed by atoms with E-state index >= 15 is 0 Å². The smallest absolute Gasteiger partial charge is 0.324 e. The maximum absolute atomic E-state index is 12.4. The van der Waals surface area contributed by atoms with E-state index in [2.05, 4.69) is 0 Å². The molecule has 0 N–H and O–H groups in total. The highest BCUT2D eigenvalue weighted by atomic mass is 16.6. The van der Waals surface area contributed by atoms with Crippen LogP contribution in [0.15, 0.2) is 54.6 Å². The third kappa shape index (κ3) is 3.16. The van der Waals surface area contributed by atoms with Gasteiger partial charge >= 0.3 is 11.9 Å². The summed E-state index contributed by atoms with van der Waals surface area (Å²) in [7, 11) is 0. The minimum absolute atomic E-state index is 0.185. The summed E-state index contributed by atoms with van der Waals surface area (Å²) in [5, 5.41) is 0. The van der Waals surface area contributed by atoms with Crippen LogP contribution in [0.4, 0.5) is 0 Å². The first-order valence-corrected chi connectivity index (χ1v) is 8.63. The Labute approximate surface area is 147 Å². The van der Waals surface area contributed by atoms with Gasteiger partial charge < -0.3 is 9.47 Å². The second-order valence-electron chi connectivity index (χ2n) is 6.16. The third-order valence-electron chi connectivity index (χ3n) is 4.66. The Kier molecular flexibility index (Phi) is 4.88. The number of carbonyl (C=O) groups is 2. The van der Waals surface area contributed by atoms with E-state index in [1.165, 1.54) is 0 Å². The minimum Gasteiger partial charge on any atom is -0.465 e. The second-order valence-corrected chi connectivity index (χ2v) is 6.16. The predicted octanol–water partition coefficient (Wildman–Crippen LogP) is 3.95. The standard InChI is InChI=1S/C21H22O4/c1-3-24-19(22)21(20(23)25-4-2)14-18(21)17-12-10-16(11-13-17)15-8-6-5-7-9-15/h5-13,18H,3-4,14H2,1-2H3/t18-/m0/s1. The van der Waals surface area contributed by atoms with Crippen LogP contribution in [-0.4, -0.2) is 25.2 Å². The summed E-state index contributed by atoms with van der Waals surface area (Å²) in [4.78, 5) is 24.8. The summed E-state index contributed by atoms with van der Waals surface area (Å²) < 4.78 is 10.3. The Morgan fingerprint density at radius 1 is 0.880 bits per heavy atom. The largest absolute Gasteiger partial charge is 0.465 e. The van der Waals surface area contributed by atoms with E-state index in [4.69, 9.17) is 9.47 Å². The molecule has 0 saturated heterocycles. The fraction of sp³-hybridized carbons (Fsp3) is 0.333. The zero-order valence-corrected chi connectivity index (χ0v) is 14.5. The van der Waals surface area contributed by atoms with E-state index in [0.717, 1.165) is 16.7 Å². The van der Waals surface area contributed by atoms with Crippen LogP contribution in [0.2, 0.25) is 0 Å². The molecule has 4 heteroatoms. The number of benzene rings is 2. The molecule has 2 aromatic rings. The van der Waals surface area contributed by atoms with Crippen molar-refractivity contribution in [2.75, 3.05) is 13.2 Å². The highest BCUT2D eigenvalue weighted by Crippen LogP contribution is 2.61. The van der Waals surface area contributed by atoms with Crippen LogP contribution in [-0.2, 0) is 19.1 Å². The van der Waals surface area contributed by atoms with Gasteiger partial charge in [-0.05, 0) is 37.0 Å². The van der Waals surface area contributed by atoms with Crippen LogP contribution in [0.5, 0.6) is 0 Å². The number of rotatable bonds is 6. The van der Waals surface area contributed by atoms with Crippen LogP contribution < -0.4 is 0 Å². The molecule has 1 aliphatic rings. The highest BCUT2D eigenvalue weighted by Gasteiger charge is 2.68. The van der Waals surface area contributed by atoms with E-state index in [1.807, 2.05) is 54.6 Å². The van der Waals surface area contributed by atoms with Gasteiger partial charge in [0, 0.05) is 5.92 Å². The number of hydrogen-bond donors (Lipinski definition) is 0. The zero-order chi connectivity index (χ0) is 17.9. The van der Waals surface area contributed by atoms with Crippen molar-refractivity contribution >= 4 is 11.9 Å². The molecule has 0 bridgehead atoms. The zero-order valence-electron chi connectivity index (χ0n) is 14.5. The van der Waals surface area contributed by atoms with E-state index in [1.54, 1.807) is 13.8 Å². The Morgan fingerprint density at radius 2 is 1.40 bits per heavy atom. The fourth-order valence-electron chi connectivity index (χ4n) is 3.26. The average Bonchev–Trinajstić information content (AvgIpc) is 3.40. The molecule has 0 aliphatic heterocycles. The quantitative estimate of drug-likeness (QED) is 0.591. The van der Waals surface area contributed by atoms with Crippen molar-refractivity contribution in [3.05, 3.63) is 60.2 Å². The molecule has 1 aliphatic carbocycles. The third-order valence-corrected chi connectivity index (χ3v) is 4.66. The van der Waals surface area contributed by atoms with Crippen molar-refractivity contribution in [2.24, 2.45) is 5.41 Å². The first-order chi connectivity index (χ1) is 12.1. The molecule has 1 fully saturated rings. The molecule has 4 nitrogen and oxygen atoms in total. The van der Waals surface area contributed by atoms with Gasteiger partial charge in [-0.2, -0.15) is 0 Å². The summed E-state index contributed by atoms with van der Waals surface area (Å²) in [6, 6.07) is 18.1. The lowest BCUT2D eigenvalue weighted by Gasteiger charge is -2.15. The minimum atomic E-state index is -1.18. The molecule has 0 spiro atoms. The normalized spacial score (nSPS) is 17.6. The maximum atomic E-state index is 12.4. The molecule has 1 saturated carbocycles. The van der Waals surface area contributed by atoms with E-state index in [9.17, 15) is 9.59 Å². The van der Waals surface area contributed by atoms with Crippen molar-refractivity contribution in [1.29, 1.82) is 0 Å². The van der Waals surface area contributed by atoms with Crippen LogP contribution in [0.1, 0.15) is 31.7 Å². The monoisotopic (exact) mass is 338 g/mol. The number of hydrogen-bond acceptors (Lipinski definition) is 4. The molecule has 2 aromatic carbocycles. The van der Waals surface area contributed by atoms with Gasteiger partial charge in [0.1, 0.15) is 0 Å². The average molecular weight is 338 g/mol. The van der Waals surface area contributed by atoms with Gasteiger partial charge in [0.25, 0.3) is 0 Å². The van der Waals surface area contributed by atoms with Gasteiger partial charge in [0.2, 0.25) is 0 Å². The molecule has 0 unspecified atom stereocenters. The van der Waals surface area contributed by atoms with Crippen molar-refractivity contribution in [1.82, 2.24) is 0 Å². The van der Waals surface area contributed by atoms with Gasteiger partial charge in [-0.25, -0.2) is 0 Å². The predicted molar refractivity (Wildman–Crippen MR) is 94.9 cm³/mol. The number of esters is 2. The van der Waals surface area contributed by atoms with Crippen LogP contribution >= 0.6 is 0 Å². The molecular formula is C21H22O4. The molecule has 0 aromatic heterocycles. The van der Waals surface area contributed by atoms with Gasteiger partial charge in [-0.15, -0.1) is 0 Å². The summed E-state index contributed by atoms with van der Waals surface area (Å²) in [6.45, 7) is 3.98. The van der Waals surface area contributed by atoms with E-state index in [-0.39, 0.29) is 19.1 Å². The molecule has 25 heavy (non-hydrogen) atoms. The summed E-state index contributed by atoms with van der Waals surface area (Å²) in [6.07, 6.45) is 0.440. The number of ether oxygens (including phenoxy) is 2. The fourth-order valence-corrected chi connectivity index (χ4v) is 3.26. The van der Waals surface area contributed by atoms with Gasteiger partial charge in [-0.3, -0.25) is 9.59 Å². The molecule has 3 rings (SSSR count). The first kappa shape index (κ1) is 17.2. The Balaban J connectivity index is 1.84. The van der Waals surface area contributed by atoms with Gasteiger partial charge in [-0.1, -0.05) is 54.6 Å². The van der Waals surface area contributed by atoms with E-state index in [0.29, 0.717) is 6.42 Å². The maximum Gasteiger partial charge on any atom is 0.324 e. The highest BCUT2D eigenvalue weighted by molar-refractivity contribution is 6.05. The first-order valence-electron chi connectivity index (χ1n) is 8.63. The Morgan fingerprint density at radius 3 is 1.92 bits per heavy atom. The lowest BCUT2D eigenvalue weighted by Crippen LogP contribution is -2.31. The molecule has 0 amide bonds. The Bertz CT molecular complexity index is 731. The molecular weight excluding hydrogens is 316 g/mol. The van der Waals surface area contributed by atoms with Crippen molar-refractivity contribution in [3.8, 4) is 11.1 Å². The molecule has 0 radical (unpaired) electrons. The molecule has 1 atom stereocenters. The van der Waals surface area contributed by atoms with Crippen LogP contribution in [0.3, 0.4) is 0 Å². The van der Waals surface area contributed by atoms with Gasteiger partial charge in [0.15, 0.2) is 5.41 Å². The van der Waals surface area contributed by atoms with Crippen molar-refractivity contribution in [2.45, 2.75) is 26.2 Å². The van der Waals surface area contributed by atoms with Crippen LogP contribution in [0.25, 0.3) is 11.1 Å². The Hall–Kier alpha value is -2.62. The topological polar surface area (TPSA) is 52.6 Å². The summed E-state index contributed by atoms with van der Waals surface area (Å²) >= 11 is 0. The lowest BCUT2D eigenvalue weighted by molar-refractivity contribution is -0.164. The second kappa shape index (κ2) is 7.09. The molecule has 0 heterocycles. The van der Waals surface area contributed by atoms with E-state index < -0.39 is 17.4 Å². The molecule has 130 valence electrons. The SMILES string of the molecule is CCOC(=O)C1(C(=O)OCC)C[C@H]1c1ccc(-c2ccccc2)cc1. The van der Waals surface area contributed by atoms with Crippen molar-refractivity contribution < 1.29 is 19.1 Å². The van der Waals surface area contributed by atoms with Crippen LogP contribution in [0, 0.1) is 5.41 Å². The summed E-state index contributed by atoms with van der Waals surface area (Å²) in [5.41, 5.74) is 2.01. The van der Waals surface area contributed by atoms with Gasteiger partial charge in [0.05, 0.1) is 13.2 Å². The number of carbonyl (C=O) groups excluding carboxylic acids is 2. The van der Waals surface area contributed by atoms with Crippen molar-refractivity contribution in [3.63, 3.8) is 0 Å². The lowest BCUT2D eigenvalue weighted by atomic mass is 9.97.